The molecular formula is C12H26N2O2. The Bertz CT molecular complexity index is 170. The first-order chi connectivity index (χ1) is 7.81. The van der Waals surface area contributed by atoms with Gasteiger partial charge in [0.25, 0.3) is 0 Å². The van der Waals surface area contributed by atoms with Crippen molar-refractivity contribution in [2.75, 3.05) is 47.0 Å². The zero-order chi connectivity index (χ0) is 11.8. The number of piperidine rings is 1. The van der Waals surface area contributed by atoms with Gasteiger partial charge in [-0.25, -0.2) is 0 Å². The molecule has 0 saturated carbocycles. The third-order valence-corrected chi connectivity index (χ3v) is 3.13. The monoisotopic (exact) mass is 230 g/mol. The van der Waals surface area contributed by atoms with Gasteiger partial charge in [-0.3, -0.25) is 4.90 Å². The second-order valence-electron chi connectivity index (χ2n) is 4.38. The topological polar surface area (TPSA) is 33.7 Å². The first kappa shape index (κ1) is 13.9. The molecule has 0 spiro atoms. The zero-order valence-corrected chi connectivity index (χ0v) is 10.9. The minimum Gasteiger partial charge on any atom is -0.383 e. The fourth-order valence-corrected chi connectivity index (χ4v) is 2.39. The SMILES string of the molecule is CCOC1CCCN(C(CNC)COC)C1. The molecule has 0 bridgehead atoms. The molecule has 4 heteroatoms. The van der Waals surface area contributed by atoms with Crippen molar-refractivity contribution in [2.24, 2.45) is 0 Å². The highest BCUT2D eigenvalue weighted by Crippen LogP contribution is 2.15. The molecule has 0 aromatic rings. The standard InChI is InChI=1S/C12H26N2O2/c1-4-16-12-6-5-7-14(9-12)11(8-13-2)10-15-3/h11-13H,4-10H2,1-3H3. The van der Waals surface area contributed by atoms with E-state index in [4.69, 9.17) is 9.47 Å². The number of nitrogens with one attached hydrogen (secondary N) is 1. The van der Waals surface area contributed by atoms with Gasteiger partial charge in [0.2, 0.25) is 0 Å². The normalized spacial score (nSPS) is 24.6. The number of hydrogen-bond donors (Lipinski definition) is 1. The van der Waals surface area contributed by atoms with E-state index < -0.39 is 0 Å². The van der Waals surface area contributed by atoms with Crippen LogP contribution < -0.4 is 5.32 Å². The minimum absolute atomic E-state index is 0.412. The Morgan fingerprint density at radius 2 is 2.31 bits per heavy atom. The molecule has 2 unspecified atom stereocenters. The molecule has 2 atom stereocenters. The second kappa shape index (κ2) is 8.01. The first-order valence-corrected chi connectivity index (χ1v) is 6.31. The summed E-state index contributed by atoms with van der Waals surface area (Å²) in [5, 5.41) is 3.23. The summed E-state index contributed by atoms with van der Waals surface area (Å²) in [6, 6.07) is 0.471. The van der Waals surface area contributed by atoms with E-state index in [0.717, 1.165) is 26.3 Å². The number of methoxy groups -OCH3 is 1. The van der Waals surface area contributed by atoms with Crippen LogP contribution in [-0.4, -0.2) is 64.1 Å². The molecule has 4 nitrogen and oxygen atoms in total. The van der Waals surface area contributed by atoms with Gasteiger partial charge in [-0.05, 0) is 33.4 Å². The van der Waals surface area contributed by atoms with Crippen LogP contribution in [-0.2, 0) is 9.47 Å². The quantitative estimate of drug-likeness (QED) is 0.699. The average molecular weight is 230 g/mol. The van der Waals surface area contributed by atoms with Crippen molar-refractivity contribution in [1.29, 1.82) is 0 Å². The van der Waals surface area contributed by atoms with E-state index in [1.165, 1.54) is 19.4 Å². The van der Waals surface area contributed by atoms with Crippen LogP contribution >= 0.6 is 0 Å². The molecule has 1 aliphatic rings. The van der Waals surface area contributed by atoms with Crippen LogP contribution in [0.25, 0.3) is 0 Å². The van der Waals surface area contributed by atoms with Crippen LogP contribution in [0.2, 0.25) is 0 Å². The van der Waals surface area contributed by atoms with Gasteiger partial charge in [-0.15, -0.1) is 0 Å². The van der Waals surface area contributed by atoms with E-state index >= 15 is 0 Å². The predicted molar refractivity (Wildman–Crippen MR) is 65.8 cm³/mol. The fourth-order valence-electron chi connectivity index (χ4n) is 2.39. The van der Waals surface area contributed by atoms with E-state index in [9.17, 15) is 0 Å². The van der Waals surface area contributed by atoms with E-state index in [1.54, 1.807) is 7.11 Å². The van der Waals surface area contributed by atoms with Gasteiger partial charge < -0.3 is 14.8 Å². The third-order valence-electron chi connectivity index (χ3n) is 3.13. The maximum atomic E-state index is 5.72. The number of rotatable bonds is 7. The molecule has 0 radical (unpaired) electrons. The van der Waals surface area contributed by atoms with Crippen molar-refractivity contribution in [1.82, 2.24) is 10.2 Å². The van der Waals surface area contributed by atoms with E-state index in [1.807, 2.05) is 7.05 Å². The number of ether oxygens (including phenoxy) is 2. The van der Waals surface area contributed by atoms with Crippen molar-refractivity contribution in [2.45, 2.75) is 31.9 Å². The molecule has 0 aromatic heterocycles. The zero-order valence-electron chi connectivity index (χ0n) is 10.9. The molecule has 1 rings (SSSR count). The van der Waals surface area contributed by atoms with Gasteiger partial charge in [0.05, 0.1) is 12.7 Å². The number of likely N-dealkylation sites (tertiary alicyclic amines) is 1. The van der Waals surface area contributed by atoms with Gasteiger partial charge in [0, 0.05) is 32.8 Å². The third kappa shape index (κ3) is 4.37. The van der Waals surface area contributed by atoms with Crippen LogP contribution in [0, 0.1) is 0 Å². The highest BCUT2D eigenvalue weighted by Gasteiger charge is 2.25. The molecule has 1 heterocycles. The lowest BCUT2D eigenvalue weighted by Gasteiger charge is -2.37. The number of hydrogen-bond acceptors (Lipinski definition) is 4. The van der Waals surface area contributed by atoms with E-state index in [2.05, 4.69) is 17.1 Å². The van der Waals surface area contributed by atoms with E-state index in [0.29, 0.717) is 12.1 Å². The predicted octanol–water partition coefficient (Wildman–Crippen LogP) is 0.722. The van der Waals surface area contributed by atoms with Crippen molar-refractivity contribution < 1.29 is 9.47 Å². The van der Waals surface area contributed by atoms with Crippen LogP contribution in [0.5, 0.6) is 0 Å². The maximum Gasteiger partial charge on any atom is 0.0702 e. The molecule has 16 heavy (non-hydrogen) atoms. The lowest BCUT2D eigenvalue weighted by molar-refractivity contribution is -0.0188. The molecule has 0 aromatic carbocycles. The van der Waals surface area contributed by atoms with Crippen molar-refractivity contribution >= 4 is 0 Å². The summed E-state index contributed by atoms with van der Waals surface area (Å²) in [7, 11) is 3.76. The Labute approximate surface area is 99.3 Å². The Morgan fingerprint density at radius 3 is 2.94 bits per heavy atom. The summed E-state index contributed by atoms with van der Waals surface area (Å²) >= 11 is 0. The fraction of sp³-hybridized carbons (Fsp3) is 1.00. The van der Waals surface area contributed by atoms with Crippen molar-refractivity contribution in [3.8, 4) is 0 Å². The Balaban J connectivity index is 2.42. The highest BCUT2D eigenvalue weighted by atomic mass is 16.5. The van der Waals surface area contributed by atoms with Crippen molar-refractivity contribution in [3.63, 3.8) is 0 Å². The number of nitrogens with zero attached hydrogens (tertiary/aromatic N) is 1. The molecule has 0 aliphatic carbocycles. The van der Waals surface area contributed by atoms with Crippen molar-refractivity contribution in [3.05, 3.63) is 0 Å². The maximum absolute atomic E-state index is 5.72. The van der Waals surface area contributed by atoms with Crippen LogP contribution in [0.15, 0.2) is 0 Å². The molecule has 1 fully saturated rings. The lowest BCUT2D eigenvalue weighted by Crippen LogP contribution is -2.50. The summed E-state index contributed by atoms with van der Waals surface area (Å²) < 4.78 is 11.0. The minimum atomic E-state index is 0.412. The van der Waals surface area contributed by atoms with Gasteiger partial charge in [0.15, 0.2) is 0 Å². The molecule has 96 valence electrons. The second-order valence-corrected chi connectivity index (χ2v) is 4.38. The molecule has 1 N–H and O–H groups in total. The van der Waals surface area contributed by atoms with Gasteiger partial charge in [-0.2, -0.15) is 0 Å². The largest absolute Gasteiger partial charge is 0.383 e. The molecule has 0 amide bonds. The Kier molecular flexibility index (Phi) is 6.96. The molecule has 1 saturated heterocycles. The van der Waals surface area contributed by atoms with Crippen LogP contribution in [0.4, 0.5) is 0 Å². The highest BCUT2D eigenvalue weighted by molar-refractivity contribution is 4.80. The summed E-state index contributed by atoms with van der Waals surface area (Å²) in [4.78, 5) is 2.49. The molecule has 1 aliphatic heterocycles. The van der Waals surface area contributed by atoms with Gasteiger partial charge in [-0.1, -0.05) is 0 Å². The summed E-state index contributed by atoms with van der Waals surface area (Å²) in [6.45, 7) is 6.87. The van der Waals surface area contributed by atoms with Gasteiger partial charge >= 0.3 is 0 Å². The van der Waals surface area contributed by atoms with Crippen LogP contribution in [0.3, 0.4) is 0 Å². The summed E-state index contributed by atoms with van der Waals surface area (Å²) in [5.41, 5.74) is 0. The smallest absolute Gasteiger partial charge is 0.0702 e. The van der Waals surface area contributed by atoms with E-state index in [-0.39, 0.29) is 0 Å². The number of likely N-dealkylation sites (N-methyl/N-ethyl adjacent to an activating group) is 1. The van der Waals surface area contributed by atoms with Crippen LogP contribution in [0.1, 0.15) is 19.8 Å². The molecular weight excluding hydrogens is 204 g/mol. The summed E-state index contributed by atoms with van der Waals surface area (Å²) in [5.74, 6) is 0. The lowest BCUT2D eigenvalue weighted by atomic mass is 10.1. The average Bonchev–Trinajstić information content (AvgIpc) is 2.30. The first-order valence-electron chi connectivity index (χ1n) is 6.31. The van der Waals surface area contributed by atoms with Gasteiger partial charge in [0.1, 0.15) is 0 Å². The Morgan fingerprint density at radius 1 is 1.50 bits per heavy atom. The Hall–Kier alpha value is -0.160. The summed E-state index contributed by atoms with van der Waals surface area (Å²) in [6.07, 6.45) is 2.84.